The van der Waals surface area contributed by atoms with E-state index < -0.39 is 5.97 Å². The molecule has 0 aliphatic carbocycles. The molecule has 1 fully saturated rings. The second kappa shape index (κ2) is 5.32. The second-order valence-corrected chi connectivity index (χ2v) is 4.91. The molecule has 2 N–H and O–H groups in total. The summed E-state index contributed by atoms with van der Waals surface area (Å²) in [5, 5.41) is 12.2. The molecule has 0 bridgehead atoms. The highest BCUT2D eigenvalue weighted by Gasteiger charge is 2.14. The van der Waals surface area contributed by atoms with E-state index in [0.29, 0.717) is 12.6 Å². The van der Waals surface area contributed by atoms with Gasteiger partial charge in [-0.15, -0.1) is 0 Å². The van der Waals surface area contributed by atoms with E-state index in [0.717, 1.165) is 11.4 Å². The van der Waals surface area contributed by atoms with Gasteiger partial charge in [-0.1, -0.05) is 6.07 Å². The fraction of sp³-hybridized carbons (Fsp3) is 0.455. The maximum absolute atomic E-state index is 10.7. The number of rotatable bonds is 4. The van der Waals surface area contributed by atoms with E-state index >= 15 is 0 Å². The Morgan fingerprint density at radius 1 is 1.62 bits per heavy atom. The summed E-state index contributed by atoms with van der Waals surface area (Å²) < 4.78 is 0. The van der Waals surface area contributed by atoms with Crippen LogP contribution in [0.1, 0.15) is 22.6 Å². The van der Waals surface area contributed by atoms with Crippen molar-refractivity contribution >= 4 is 17.7 Å². The normalized spacial score (nSPS) is 19.9. The predicted octanol–water partition coefficient (Wildman–Crippen LogP) is 1.37. The molecular formula is C11H14N2O2S. The highest BCUT2D eigenvalue weighted by molar-refractivity contribution is 7.99. The number of hydrogen-bond acceptors (Lipinski definition) is 4. The van der Waals surface area contributed by atoms with Crippen molar-refractivity contribution in [1.82, 2.24) is 10.3 Å². The van der Waals surface area contributed by atoms with Crippen molar-refractivity contribution < 1.29 is 9.90 Å². The van der Waals surface area contributed by atoms with E-state index in [1.807, 2.05) is 17.8 Å². The summed E-state index contributed by atoms with van der Waals surface area (Å²) in [6.45, 7) is 0.645. The molecule has 0 spiro atoms. The third kappa shape index (κ3) is 2.96. The van der Waals surface area contributed by atoms with Gasteiger partial charge < -0.3 is 10.4 Å². The Bertz CT molecular complexity index is 378. The van der Waals surface area contributed by atoms with Crippen LogP contribution < -0.4 is 5.32 Å². The summed E-state index contributed by atoms with van der Waals surface area (Å²) in [5.74, 6) is 1.37. The van der Waals surface area contributed by atoms with E-state index in [4.69, 9.17) is 5.11 Å². The van der Waals surface area contributed by atoms with Crippen molar-refractivity contribution in [1.29, 1.82) is 0 Å². The van der Waals surface area contributed by atoms with E-state index in [-0.39, 0.29) is 5.69 Å². The molecule has 0 aromatic carbocycles. The number of carboxylic acid groups (broad SMARTS) is 1. The van der Waals surface area contributed by atoms with Gasteiger partial charge in [0.05, 0.1) is 5.69 Å². The molecule has 1 saturated heterocycles. The van der Waals surface area contributed by atoms with Crippen LogP contribution in [0.25, 0.3) is 0 Å². The van der Waals surface area contributed by atoms with Gasteiger partial charge >= 0.3 is 5.97 Å². The fourth-order valence-corrected chi connectivity index (χ4v) is 2.83. The summed E-state index contributed by atoms with van der Waals surface area (Å²) in [5.41, 5.74) is 0.900. The molecule has 0 radical (unpaired) electrons. The number of hydrogen-bond donors (Lipinski definition) is 2. The molecule has 1 aliphatic heterocycles. The van der Waals surface area contributed by atoms with Crippen LogP contribution in [0.2, 0.25) is 0 Å². The van der Waals surface area contributed by atoms with E-state index in [1.54, 1.807) is 6.07 Å². The minimum absolute atomic E-state index is 0.111. The van der Waals surface area contributed by atoms with E-state index in [2.05, 4.69) is 10.3 Å². The Hall–Kier alpha value is -1.07. The molecular weight excluding hydrogens is 224 g/mol. The largest absolute Gasteiger partial charge is 0.477 e. The molecule has 1 aromatic heterocycles. The number of carbonyl (C=O) groups is 1. The zero-order chi connectivity index (χ0) is 11.4. The van der Waals surface area contributed by atoms with Gasteiger partial charge in [0.25, 0.3) is 0 Å². The molecule has 86 valence electrons. The minimum atomic E-state index is -0.974. The molecule has 1 aliphatic rings. The van der Waals surface area contributed by atoms with Crippen LogP contribution in [0.15, 0.2) is 18.2 Å². The smallest absolute Gasteiger partial charge is 0.354 e. The Balaban J connectivity index is 1.93. The number of carboxylic acids is 1. The van der Waals surface area contributed by atoms with Crippen LogP contribution in [0.5, 0.6) is 0 Å². The van der Waals surface area contributed by atoms with Gasteiger partial charge in [-0.05, 0) is 24.3 Å². The van der Waals surface area contributed by atoms with E-state index in [9.17, 15) is 4.79 Å². The Morgan fingerprint density at radius 2 is 2.50 bits per heavy atom. The number of pyridine rings is 1. The Kier molecular flexibility index (Phi) is 3.79. The molecule has 1 aromatic rings. The van der Waals surface area contributed by atoms with Gasteiger partial charge in [0.15, 0.2) is 0 Å². The van der Waals surface area contributed by atoms with Gasteiger partial charge in [-0.25, -0.2) is 9.78 Å². The monoisotopic (exact) mass is 238 g/mol. The molecule has 0 saturated carbocycles. The molecule has 1 atom stereocenters. The molecule has 2 rings (SSSR count). The number of aromatic nitrogens is 1. The summed E-state index contributed by atoms with van der Waals surface area (Å²) in [7, 11) is 0. The summed E-state index contributed by atoms with van der Waals surface area (Å²) in [6.07, 6.45) is 1.18. The van der Waals surface area contributed by atoms with Crippen LogP contribution in [-0.2, 0) is 6.54 Å². The third-order valence-electron chi connectivity index (χ3n) is 2.53. The first-order valence-corrected chi connectivity index (χ1v) is 6.41. The van der Waals surface area contributed by atoms with Crippen LogP contribution in [0.4, 0.5) is 0 Å². The molecule has 4 nitrogen and oxygen atoms in total. The van der Waals surface area contributed by atoms with Gasteiger partial charge in [0.2, 0.25) is 0 Å². The lowest BCUT2D eigenvalue weighted by molar-refractivity contribution is 0.0690. The number of nitrogens with one attached hydrogen (secondary N) is 1. The zero-order valence-corrected chi connectivity index (χ0v) is 9.67. The minimum Gasteiger partial charge on any atom is -0.477 e. The van der Waals surface area contributed by atoms with E-state index in [1.165, 1.54) is 18.2 Å². The maximum atomic E-state index is 10.7. The van der Waals surface area contributed by atoms with Crippen LogP contribution in [0.3, 0.4) is 0 Å². The predicted molar refractivity (Wildman–Crippen MR) is 63.8 cm³/mol. The van der Waals surface area contributed by atoms with Crippen molar-refractivity contribution in [2.45, 2.75) is 19.0 Å². The maximum Gasteiger partial charge on any atom is 0.354 e. The van der Waals surface area contributed by atoms with Crippen LogP contribution >= 0.6 is 11.8 Å². The average Bonchev–Trinajstić information content (AvgIpc) is 2.79. The summed E-state index contributed by atoms with van der Waals surface area (Å²) >= 11 is 1.95. The van der Waals surface area contributed by atoms with Gasteiger partial charge in [0, 0.05) is 18.3 Å². The Labute approximate surface area is 98.5 Å². The average molecular weight is 238 g/mol. The fourth-order valence-electron chi connectivity index (χ4n) is 1.64. The molecule has 16 heavy (non-hydrogen) atoms. The molecule has 5 heteroatoms. The highest BCUT2D eigenvalue weighted by Crippen LogP contribution is 2.17. The molecule has 2 heterocycles. The molecule has 0 amide bonds. The molecule has 1 unspecified atom stereocenters. The van der Waals surface area contributed by atoms with Crippen molar-refractivity contribution in [2.75, 3.05) is 11.5 Å². The Morgan fingerprint density at radius 3 is 3.19 bits per heavy atom. The first kappa shape index (κ1) is 11.4. The lowest BCUT2D eigenvalue weighted by Gasteiger charge is -2.10. The van der Waals surface area contributed by atoms with Crippen molar-refractivity contribution in [2.24, 2.45) is 0 Å². The summed E-state index contributed by atoms with van der Waals surface area (Å²) in [4.78, 5) is 14.8. The van der Waals surface area contributed by atoms with Gasteiger partial charge in [-0.3, -0.25) is 0 Å². The van der Waals surface area contributed by atoms with Crippen molar-refractivity contribution in [3.8, 4) is 0 Å². The first-order valence-electron chi connectivity index (χ1n) is 5.26. The standard InChI is InChI=1S/C11H14N2O2S/c14-11(15)10-3-1-2-8(13-10)6-12-9-4-5-16-7-9/h1-3,9,12H,4-7H2,(H,14,15). The van der Waals surface area contributed by atoms with Gasteiger partial charge in [0.1, 0.15) is 5.69 Å². The van der Waals surface area contributed by atoms with Crippen LogP contribution in [0, 0.1) is 0 Å². The SMILES string of the molecule is O=C(O)c1cccc(CNC2CCSC2)n1. The number of aromatic carboxylic acids is 1. The number of nitrogens with zero attached hydrogens (tertiary/aromatic N) is 1. The first-order chi connectivity index (χ1) is 7.75. The topological polar surface area (TPSA) is 62.2 Å². The highest BCUT2D eigenvalue weighted by atomic mass is 32.2. The zero-order valence-electron chi connectivity index (χ0n) is 8.85. The van der Waals surface area contributed by atoms with Gasteiger partial charge in [-0.2, -0.15) is 11.8 Å². The summed E-state index contributed by atoms with van der Waals surface area (Å²) in [6, 6.07) is 5.63. The number of thioether (sulfide) groups is 1. The van der Waals surface area contributed by atoms with Crippen molar-refractivity contribution in [3.63, 3.8) is 0 Å². The van der Waals surface area contributed by atoms with Crippen LogP contribution in [-0.4, -0.2) is 33.6 Å². The quantitative estimate of drug-likeness (QED) is 0.829. The second-order valence-electron chi connectivity index (χ2n) is 3.76. The van der Waals surface area contributed by atoms with Crippen molar-refractivity contribution in [3.05, 3.63) is 29.6 Å². The lowest BCUT2D eigenvalue weighted by atomic mass is 10.2. The lowest BCUT2D eigenvalue weighted by Crippen LogP contribution is -2.28. The third-order valence-corrected chi connectivity index (χ3v) is 3.69.